The summed E-state index contributed by atoms with van der Waals surface area (Å²) in [7, 11) is 1.56. The van der Waals surface area contributed by atoms with E-state index in [1.807, 2.05) is 6.07 Å². The van der Waals surface area contributed by atoms with Crippen molar-refractivity contribution in [3.8, 4) is 11.5 Å². The quantitative estimate of drug-likeness (QED) is 0.805. The molecule has 1 saturated heterocycles. The molecule has 0 saturated carbocycles. The molecule has 1 aliphatic heterocycles. The summed E-state index contributed by atoms with van der Waals surface area (Å²) in [6.45, 7) is 1.20. The molecule has 1 unspecified atom stereocenters. The molecule has 0 radical (unpaired) electrons. The average molecular weight is 316 g/mol. The third kappa shape index (κ3) is 3.89. The molecular weight excluding hydrogens is 302 g/mol. The monoisotopic (exact) mass is 315 g/mol. The summed E-state index contributed by atoms with van der Waals surface area (Å²) in [6, 6.07) is 5.42. The standard InChI is InChI=1S/C12H14BrNO4/c1-14-12(15)7-18-11-4-8(13)2-3-10(11)17-6-9-5-16-9/h2-4,9H,5-7H2,1H3,(H,14,15). The lowest BCUT2D eigenvalue weighted by Crippen LogP contribution is -2.25. The van der Waals surface area contributed by atoms with Crippen molar-refractivity contribution in [2.24, 2.45) is 0 Å². The second-order valence-electron chi connectivity index (χ2n) is 3.82. The van der Waals surface area contributed by atoms with Gasteiger partial charge in [-0.05, 0) is 18.2 Å². The molecular formula is C12H14BrNO4. The van der Waals surface area contributed by atoms with Crippen LogP contribution in [0.3, 0.4) is 0 Å². The Hall–Kier alpha value is -1.27. The van der Waals surface area contributed by atoms with E-state index < -0.39 is 0 Å². The normalized spacial score (nSPS) is 17.1. The number of hydrogen-bond acceptors (Lipinski definition) is 4. The highest BCUT2D eigenvalue weighted by molar-refractivity contribution is 9.10. The van der Waals surface area contributed by atoms with Crippen LogP contribution in [-0.2, 0) is 9.53 Å². The summed E-state index contributed by atoms with van der Waals surface area (Å²) in [4.78, 5) is 11.1. The van der Waals surface area contributed by atoms with E-state index in [-0.39, 0.29) is 18.6 Å². The number of benzene rings is 1. The maximum absolute atomic E-state index is 11.1. The van der Waals surface area contributed by atoms with Crippen LogP contribution in [0, 0.1) is 0 Å². The van der Waals surface area contributed by atoms with Crippen molar-refractivity contribution in [1.82, 2.24) is 5.32 Å². The van der Waals surface area contributed by atoms with E-state index in [1.165, 1.54) is 0 Å². The molecule has 5 nitrogen and oxygen atoms in total. The minimum Gasteiger partial charge on any atom is -0.487 e. The maximum Gasteiger partial charge on any atom is 0.257 e. The summed E-state index contributed by atoms with van der Waals surface area (Å²) < 4.78 is 16.9. The fourth-order valence-electron chi connectivity index (χ4n) is 1.28. The van der Waals surface area contributed by atoms with Gasteiger partial charge in [0, 0.05) is 11.5 Å². The third-order valence-corrected chi connectivity index (χ3v) is 2.86. The van der Waals surface area contributed by atoms with E-state index in [9.17, 15) is 4.79 Å². The number of halogens is 1. The van der Waals surface area contributed by atoms with Gasteiger partial charge >= 0.3 is 0 Å². The van der Waals surface area contributed by atoms with Crippen molar-refractivity contribution in [2.45, 2.75) is 6.10 Å². The summed E-state index contributed by atoms with van der Waals surface area (Å²) >= 11 is 3.35. The minimum absolute atomic E-state index is 0.0385. The lowest BCUT2D eigenvalue weighted by Gasteiger charge is -2.12. The van der Waals surface area contributed by atoms with Crippen molar-refractivity contribution >= 4 is 21.8 Å². The molecule has 6 heteroatoms. The van der Waals surface area contributed by atoms with Crippen LogP contribution >= 0.6 is 15.9 Å². The summed E-state index contributed by atoms with van der Waals surface area (Å²) in [5, 5.41) is 2.49. The zero-order chi connectivity index (χ0) is 13.0. The number of epoxide rings is 1. The molecule has 0 spiro atoms. The molecule has 18 heavy (non-hydrogen) atoms. The van der Waals surface area contributed by atoms with Gasteiger partial charge in [0.2, 0.25) is 0 Å². The predicted octanol–water partition coefficient (Wildman–Crippen LogP) is 1.35. The largest absolute Gasteiger partial charge is 0.487 e. The fourth-order valence-corrected chi connectivity index (χ4v) is 1.62. The first kappa shape index (κ1) is 13.2. The van der Waals surface area contributed by atoms with Crippen molar-refractivity contribution in [1.29, 1.82) is 0 Å². The average Bonchev–Trinajstić information content (AvgIpc) is 3.18. The number of carbonyl (C=O) groups is 1. The molecule has 1 aliphatic rings. The molecule has 1 atom stereocenters. The van der Waals surface area contributed by atoms with Gasteiger partial charge in [-0.25, -0.2) is 0 Å². The summed E-state index contributed by atoms with van der Waals surface area (Å²) in [5.74, 6) is 0.956. The number of ether oxygens (including phenoxy) is 3. The zero-order valence-corrected chi connectivity index (χ0v) is 11.5. The molecule has 1 fully saturated rings. The van der Waals surface area contributed by atoms with Gasteiger partial charge in [-0.15, -0.1) is 0 Å². The van der Waals surface area contributed by atoms with Gasteiger partial charge in [0.1, 0.15) is 12.7 Å². The lowest BCUT2D eigenvalue weighted by atomic mass is 10.3. The van der Waals surface area contributed by atoms with Crippen LogP contribution in [-0.4, -0.2) is 38.9 Å². The van der Waals surface area contributed by atoms with Gasteiger partial charge < -0.3 is 19.5 Å². The topological polar surface area (TPSA) is 60.1 Å². The Kier molecular flexibility index (Phi) is 4.43. The van der Waals surface area contributed by atoms with Gasteiger partial charge in [-0.1, -0.05) is 15.9 Å². The van der Waals surface area contributed by atoms with Crippen LogP contribution in [0.1, 0.15) is 0 Å². The van der Waals surface area contributed by atoms with Crippen LogP contribution in [0.2, 0.25) is 0 Å². The predicted molar refractivity (Wildman–Crippen MR) is 68.9 cm³/mol. The van der Waals surface area contributed by atoms with Crippen molar-refractivity contribution in [3.05, 3.63) is 22.7 Å². The highest BCUT2D eigenvalue weighted by Gasteiger charge is 2.23. The van der Waals surface area contributed by atoms with Crippen molar-refractivity contribution in [2.75, 3.05) is 26.9 Å². The van der Waals surface area contributed by atoms with Crippen LogP contribution in [0.15, 0.2) is 22.7 Å². The Morgan fingerprint density at radius 3 is 2.94 bits per heavy atom. The Morgan fingerprint density at radius 2 is 2.28 bits per heavy atom. The highest BCUT2D eigenvalue weighted by Crippen LogP contribution is 2.31. The fraction of sp³-hybridized carbons (Fsp3) is 0.417. The van der Waals surface area contributed by atoms with Gasteiger partial charge in [0.15, 0.2) is 18.1 Å². The van der Waals surface area contributed by atoms with Crippen LogP contribution in [0.25, 0.3) is 0 Å². The van der Waals surface area contributed by atoms with E-state index in [0.29, 0.717) is 18.1 Å². The second-order valence-corrected chi connectivity index (χ2v) is 4.73. The first-order valence-electron chi connectivity index (χ1n) is 5.56. The molecule has 0 bridgehead atoms. The molecule has 1 aromatic rings. The van der Waals surface area contributed by atoms with Gasteiger partial charge in [-0.2, -0.15) is 0 Å². The van der Waals surface area contributed by atoms with E-state index >= 15 is 0 Å². The van der Waals surface area contributed by atoms with E-state index in [2.05, 4.69) is 21.2 Å². The van der Waals surface area contributed by atoms with Gasteiger partial charge in [-0.3, -0.25) is 4.79 Å². The zero-order valence-electron chi connectivity index (χ0n) is 9.94. The summed E-state index contributed by atoms with van der Waals surface area (Å²) in [6.07, 6.45) is 0.181. The molecule has 1 N–H and O–H groups in total. The van der Waals surface area contributed by atoms with Crippen molar-refractivity contribution in [3.63, 3.8) is 0 Å². The molecule has 98 valence electrons. The van der Waals surface area contributed by atoms with Crippen LogP contribution in [0.4, 0.5) is 0 Å². The Labute approximate surface area is 114 Å². The van der Waals surface area contributed by atoms with E-state index in [4.69, 9.17) is 14.2 Å². The maximum atomic E-state index is 11.1. The lowest BCUT2D eigenvalue weighted by molar-refractivity contribution is -0.122. The third-order valence-electron chi connectivity index (χ3n) is 2.37. The molecule has 1 heterocycles. The van der Waals surface area contributed by atoms with Crippen LogP contribution < -0.4 is 14.8 Å². The number of likely N-dealkylation sites (N-methyl/N-ethyl adjacent to an activating group) is 1. The minimum atomic E-state index is -0.188. The number of nitrogens with one attached hydrogen (secondary N) is 1. The SMILES string of the molecule is CNC(=O)COc1cc(Br)ccc1OCC1CO1. The smallest absolute Gasteiger partial charge is 0.257 e. The van der Waals surface area contributed by atoms with E-state index in [1.54, 1.807) is 19.2 Å². The highest BCUT2D eigenvalue weighted by atomic mass is 79.9. The Morgan fingerprint density at radius 1 is 1.50 bits per heavy atom. The van der Waals surface area contributed by atoms with Crippen LogP contribution in [0.5, 0.6) is 11.5 Å². The van der Waals surface area contributed by atoms with Crippen molar-refractivity contribution < 1.29 is 19.0 Å². The number of hydrogen-bond donors (Lipinski definition) is 1. The van der Waals surface area contributed by atoms with Gasteiger partial charge in [0.25, 0.3) is 5.91 Å². The molecule has 1 amide bonds. The molecule has 2 rings (SSSR count). The Balaban J connectivity index is 1.99. The summed E-state index contributed by atoms with van der Waals surface area (Å²) in [5.41, 5.74) is 0. The number of carbonyl (C=O) groups excluding carboxylic acids is 1. The molecule has 1 aromatic carbocycles. The molecule has 0 aliphatic carbocycles. The Bertz CT molecular complexity index is 434. The number of amides is 1. The van der Waals surface area contributed by atoms with Gasteiger partial charge in [0.05, 0.1) is 6.61 Å². The van der Waals surface area contributed by atoms with E-state index in [0.717, 1.165) is 11.1 Å². The first-order chi connectivity index (χ1) is 8.69. The second kappa shape index (κ2) is 6.06. The number of rotatable bonds is 6. The first-order valence-corrected chi connectivity index (χ1v) is 6.35. The molecule has 0 aromatic heterocycles.